The lowest BCUT2D eigenvalue weighted by Gasteiger charge is -2.16. The van der Waals surface area contributed by atoms with Gasteiger partial charge in [0.2, 0.25) is 0 Å². The summed E-state index contributed by atoms with van der Waals surface area (Å²) in [6.45, 7) is 1.54. The zero-order valence-electron chi connectivity index (χ0n) is 13.0. The number of hydrogen-bond donors (Lipinski definition) is 1. The molecule has 1 N–H and O–H groups in total. The van der Waals surface area contributed by atoms with Gasteiger partial charge in [0.25, 0.3) is 11.6 Å². The molecule has 2 aromatic rings. The Kier molecular flexibility index (Phi) is 5.59. The van der Waals surface area contributed by atoms with Gasteiger partial charge in [0.15, 0.2) is 6.10 Å². The van der Waals surface area contributed by atoms with Crippen molar-refractivity contribution in [2.45, 2.75) is 13.0 Å². The number of nitrogens with zero attached hydrogens (tertiary/aromatic N) is 1. The Balaban J connectivity index is 2.15. The normalized spacial score (nSPS) is 11.5. The van der Waals surface area contributed by atoms with Crippen LogP contribution in [0.3, 0.4) is 0 Å². The molecule has 0 saturated carbocycles. The van der Waals surface area contributed by atoms with Crippen LogP contribution in [0.4, 0.5) is 11.4 Å². The van der Waals surface area contributed by atoms with Gasteiger partial charge in [-0.05, 0) is 25.1 Å². The number of nitro benzene ring substituents is 1. The quantitative estimate of drug-likeness (QED) is 0.634. The molecule has 126 valence electrons. The highest BCUT2D eigenvalue weighted by Crippen LogP contribution is 2.29. The number of ether oxygens (including phenoxy) is 2. The molecule has 0 saturated heterocycles. The lowest BCUT2D eigenvalue weighted by atomic mass is 10.2. The fraction of sp³-hybridized carbons (Fsp3) is 0.188. The van der Waals surface area contributed by atoms with E-state index in [4.69, 9.17) is 21.1 Å². The van der Waals surface area contributed by atoms with Crippen molar-refractivity contribution in [2.24, 2.45) is 0 Å². The van der Waals surface area contributed by atoms with Crippen LogP contribution < -0.4 is 14.8 Å². The topological polar surface area (TPSA) is 90.7 Å². The number of amides is 1. The molecule has 0 heterocycles. The average Bonchev–Trinajstić information content (AvgIpc) is 2.56. The van der Waals surface area contributed by atoms with Gasteiger partial charge in [0, 0.05) is 12.1 Å². The van der Waals surface area contributed by atoms with E-state index in [1.54, 1.807) is 31.2 Å². The molecule has 0 fully saturated rings. The lowest BCUT2D eigenvalue weighted by Crippen LogP contribution is -2.30. The van der Waals surface area contributed by atoms with Gasteiger partial charge in [-0.2, -0.15) is 0 Å². The van der Waals surface area contributed by atoms with E-state index in [1.165, 1.54) is 25.3 Å². The molecule has 0 aliphatic carbocycles. The van der Waals surface area contributed by atoms with Crippen molar-refractivity contribution in [1.29, 1.82) is 0 Å². The number of nitro groups is 1. The summed E-state index contributed by atoms with van der Waals surface area (Å²) in [5.41, 5.74) is 0.0251. The molecular formula is C16H15ClN2O5. The first kappa shape index (κ1) is 17.6. The third kappa shape index (κ3) is 4.14. The van der Waals surface area contributed by atoms with Crippen LogP contribution in [0.2, 0.25) is 5.02 Å². The number of benzene rings is 2. The molecule has 0 aromatic heterocycles. The molecule has 7 nitrogen and oxygen atoms in total. The summed E-state index contributed by atoms with van der Waals surface area (Å²) in [5, 5.41) is 13.8. The molecule has 0 bridgehead atoms. The van der Waals surface area contributed by atoms with Gasteiger partial charge in [-0.25, -0.2) is 0 Å². The Morgan fingerprint density at radius 1 is 1.25 bits per heavy atom. The molecule has 0 aliphatic heterocycles. The number of halogens is 1. The van der Waals surface area contributed by atoms with Gasteiger partial charge in [0.1, 0.15) is 11.5 Å². The Morgan fingerprint density at radius 3 is 2.58 bits per heavy atom. The molecule has 0 radical (unpaired) electrons. The third-order valence-corrected chi connectivity index (χ3v) is 3.47. The van der Waals surface area contributed by atoms with E-state index in [9.17, 15) is 14.9 Å². The number of nitrogens with one attached hydrogen (secondary N) is 1. The van der Waals surface area contributed by atoms with Gasteiger partial charge in [0.05, 0.1) is 22.7 Å². The minimum atomic E-state index is -0.867. The molecule has 2 rings (SSSR count). The van der Waals surface area contributed by atoms with Crippen molar-refractivity contribution in [3.05, 3.63) is 57.6 Å². The van der Waals surface area contributed by atoms with Crippen molar-refractivity contribution in [1.82, 2.24) is 0 Å². The van der Waals surface area contributed by atoms with Crippen LogP contribution in [0.1, 0.15) is 6.92 Å². The smallest absolute Gasteiger partial charge is 0.271 e. The van der Waals surface area contributed by atoms with Crippen LogP contribution in [-0.2, 0) is 4.79 Å². The Labute approximate surface area is 143 Å². The molecule has 24 heavy (non-hydrogen) atoms. The van der Waals surface area contributed by atoms with Crippen molar-refractivity contribution in [3.63, 3.8) is 0 Å². The van der Waals surface area contributed by atoms with Crippen LogP contribution in [0.5, 0.6) is 11.5 Å². The Morgan fingerprint density at radius 2 is 1.96 bits per heavy atom. The molecule has 2 aromatic carbocycles. The maximum Gasteiger partial charge on any atom is 0.271 e. The lowest BCUT2D eigenvalue weighted by molar-refractivity contribution is -0.384. The van der Waals surface area contributed by atoms with Crippen LogP contribution in [0, 0.1) is 10.1 Å². The summed E-state index contributed by atoms with van der Waals surface area (Å²) in [4.78, 5) is 22.6. The molecular weight excluding hydrogens is 336 g/mol. The second kappa shape index (κ2) is 7.65. The highest BCUT2D eigenvalue weighted by Gasteiger charge is 2.19. The third-order valence-electron chi connectivity index (χ3n) is 3.16. The SMILES string of the molecule is COc1ccc([N+](=O)[O-])cc1NC(=O)[C@@H](C)Oc1ccccc1Cl. The maximum atomic E-state index is 12.3. The van der Waals surface area contributed by atoms with Crippen molar-refractivity contribution >= 4 is 28.9 Å². The molecule has 1 atom stereocenters. The average molecular weight is 351 g/mol. The summed E-state index contributed by atoms with van der Waals surface area (Å²) in [6, 6.07) is 10.7. The van der Waals surface area contributed by atoms with Gasteiger partial charge >= 0.3 is 0 Å². The van der Waals surface area contributed by atoms with Gasteiger partial charge in [-0.1, -0.05) is 23.7 Å². The monoisotopic (exact) mass is 350 g/mol. The fourth-order valence-electron chi connectivity index (χ4n) is 1.93. The summed E-state index contributed by atoms with van der Waals surface area (Å²) >= 11 is 5.98. The van der Waals surface area contributed by atoms with Gasteiger partial charge < -0.3 is 14.8 Å². The first-order valence-electron chi connectivity index (χ1n) is 6.97. The van der Waals surface area contributed by atoms with Gasteiger partial charge in [-0.15, -0.1) is 0 Å². The van der Waals surface area contributed by atoms with E-state index >= 15 is 0 Å². The molecule has 0 unspecified atom stereocenters. The van der Waals surface area contributed by atoms with Crippen molar-refractivity contribution in [3.8, 4) is 11.5 Å². The number of non-ortho nitro benzene ring substituents is 1. The van der Waals surface area contributed by atoms with E-state index in [-0.39, 0.29) is 11.4 Å². The van der Waals surface area contributed by atoms with Crippen LogP contribution in [0.25, 0.3) is 0 Å². The minimum Gasteiger partial charge on any atom is -0.495 e. The number of rotatable bonds is 6. The summed E-state index contributed by atoms with van der Waals surface area (Å²) < 4.78 is 10.6. The molecule has 0 spiro atoms. The van der Waals surface area contributed by atoms with Crippen molar-refractivity contribution in [2.75, 3.05) is 12.4 Å². The number of carbonyl (C=O) groups excluding carboxylic acids is 1. The fourth-order valence-corrected chi connectivity index (χ4v) is 2.11. The first-order chi connectivity index (χ1) is 11.4. The highest BCUT2D eigenvalue weighted by atomic mass is 35.5. The largest absolute Gasteiger partial charge is 0.495 e. The summed E-state index contributed by atoms with van der Waals surface area (Å²) in [6.07, 6.45) is -0.867. The standard InChI is InChI=1S/C16H15ClN2O5/c1-10(24-14-6-4-3-5-12(14)17)16(20)18-13-9-11(19(21)22)7-8-15(13)23-2/h3-10H,1-2H3,(H,18,20)/t10-/m1/s1. The molecule has 8 heteroatoms. The zero-order chi connectivity index (χ0) is 17.7. The second-order valence-electron chi connectivity index (χ2n) is 4.82. The van der Waals surface area contributed by atoms with E-state index < -0.39 is 16.9 Å². The van der Waals surface area contributed by atoms with Crippen LogP contribution in [-0.4, -0.2) is 24.0 Å². The van der Waals surface area contributed by atoms with Crippen molar-refractivity contribution < 1.29 is 19.2 Å². The van der Waals surface area contributed by atoms with Crippen LogP contribution >= 0.6 is 11.6 Å². The highest BCUT2D eigenvalue weighted by molar-refractivity contribution is 6.32. The predicted octanol–water partition coefficient (Wildman–Crippen LogP) is 3.66. The molecule has 0 aliphatic rings. The van der Waals surface area contributed by atoms with E-state index in [0.29, 0.717) is 16.5 Å². The van der Waals surface area contributed by atoms with Gasteiger partial charge in [-0.3, -0.25) is 14.9 Å². The maximum absolute atomic E-state index is 12.3. The minimum absolute atomic E-state index is 0.161. The Hall–Kier alpha value is -2.80. The number of anilines is 1. The predicted molar refractivity (Wildman–Crippen MR) is 89.8 cm³/mol. The van der Waals surface area contributed by atoms with E-state index in [1.807, 2.05) is 0 Å². The zero-order valence-corrected chi connectivity index (χ0v) is 13.7. The number of carbonyl (C=O) groups is 1. The van der Waals surface area contributed by atoms with E-state index in [2.05, 4.69) is 5.32 Å². The van der Waals surface area contributed by atoms with Crippen LogP contribution in [0.15, 0.2) is 42.5 Å². The number of para-hydroxylation sites is 1. The Bertz CT molecular complexity index is 766. The first-order valence-corrected chi connectivity index (χ1v) is 7.34. The number of hydrogen-bond acceptors (Lipinski definition) is 5. The second-order valence-corrected chi connectivity index (χ2v) is 5.23. The summed E-state index contributed by atoms with van der Waals surface area (Å²) in [5.74, 6) is 0.181. The summed E-state index contributed by atoms with van der Waals surface area (Å²) in [7, 11) is 1.40. The molecule has 1 amide bonds. The van der Waals surface area contributed by atoms with E-state index in [0.717, 1.165) is 0 Å². The number of methoxy groups -OCH3 is 1.